The molecule has 1 unspecified atom stereocenters. The second-order valence-electron chi connectivity index (χ2n) is 7.79. The first-order chi connectivity index (χ1) is 15.0. The molecule has 1 saturated carbocycles. The average molecular weight is 457 g/mol. The minimum atomic E-state index is -1.49. The van der Waals surface area contributed by atoms with Crippen molar-refractivity contribution in [1.82, 2.24) is 9.97 Å². The lowest BCUT2D eigenvalue weighted by molar-refractivity contribution is 0.404. The maximum Gasteiger partial charge on any atom is 0.183 e. The Balaban J connectivity index is 1.60. The van der Waals surface area contributed by atoms with Crippen molar-refractivity contribution < 1.29 is 8.95 Å². The topological polar surface area (TPSA) is 76.1 Å². The van der Waals surface area contributed by atoms with E-state index in [2.05, 4.69) is 15.0 Å². The van der Waals surface area contributed by atoms with Crippen molar-refractivity contribution in [3.05, 3.63) is 47.9 Å². The van der Waals surface area contributed by atoms with Crippen LogP contribution in [-0.2, 0) is 11.0 Å². The molecule has 8 heteroatoms. The molecule has 6 nitrogen and oxygen atoms in total. The first-order valence-electron chi connectivity index (χ1n) is 10.6. The van der Waals surface area contributed by atoms with Gasteiger partial charge in [0.1, 0.15) is 10.6 Å². The smallest absolute Gasteiger partial charge is 0.183 e. The van der Waals surface area contributed by atoms with Gasteiger partial charge in [-0.05, 0) is 62.6 Å². The number of rotatable bonds is 7. The maximum atomic E-state index is 13.2. The van der Waals surface area contributed by atoms with Crippen molar-refractivity contribution >= 4 is 33.1 Å². The first kappa shape index (κ1) is 21.8. The Morgan fingerprint density at radius 1 is 1.13 bits per heavy atom. The van der Waals surface area contributed by atoms with Crippen LogP contribution in [0.25, 0.3) is 10.4 Å². The fourth-order valence-corrected chi connectivity index (χ4v) is 5.99. The van der Waals surface area contributed by atoms with Gasteiger partial charge in [0.25, 0.3) is 0 Å². The molecule has 4 rings (SSSR count). The Labute approximate surface area is 190 Å². The van der Waals surface area contributed by atoms with Crippen molar-refractivity contribution in [1.29, 1.82) is 0 Å². The average Bonchev–Trinajstić information content (AvgIpc) is 3.15. The Kier molecular flexibility index (Phi) is 6.87. The molecule has 1 atom stereocenters. The second kappa shape index (κ2) is 9.78. The lowest BCUT2D eigenvalue weighted by Gasteiger charge is -2.22. The molecule has 0 saturated heterocycles. The molecule has 2 aromatic heterocycles. The number of nitrogens with one attached hydrogen (secondary N) is 2. The van der Waals surface area contributed by atoms with Gasteiger partial charge >= 0.3 is 0 Å². The fourth-order valence-electron chi connectivity index (χ4n) is 3.86. The van der Waals surface area contributed by atoms with E-state index >= 15 is 0 Å². The predicted molar refractivity (Wildman–Crippen MR) is 128 cm³/mol. The number of aromatic nitrogens is 2. The maximum absolute atomic E-state index is 13.2. The van der Waals surface area contributed by atoms with Crippen LogP contribution >= 0.6 is 11.3 Å². The number of thiazole rings is 1. The normalized spacial score (nSPS) is 15.5. The molecule has 1 aromatic carbocycles. The van der Waals surface area contributed by atoms with Crippen LogP contribution in [-0.4, -0.2) is 27.3 Å². The SMILES string of the molecule is COc1ccc(-c2sc(NC3CCCCC3)nc2C)cc1S(=O)Nc1cccnc1C. The summed E-state index contributed by atoms with van der Waals surface area (Å²) in [5.41, 5.74) is 3.49. The van der Waals surface area contributed by atoms with Crippen LogP contribution in [0.5, 0.6) is 5.75 Å². The van der Waals surface area contributed by atoms with E-state index in [9.17, 15) is 4.21 Å². The van der Waals surface area contributed by atoms with E-state index in [0.717, 1.165) is 32.6 Å². The number of pyridine rings is 1. The van der Waals surface area contributed by atoms with Gasteiger partial charge in [-0.25, -0.2) is 9.19 Å². The number of aryl methyl sites for hydroxylation is 2. The zero-order valence-corrected chi connectivity index (χ0v) is 19.7. The molecular weight excluding hydrogens is 428 g/mol. The van der Waals surface area contributed by atoms with Gasteiger partial charge in [-0.1, -0.05) is 30.6 Å². The molecule has 0 amide bonds. The predicted octanol–water partition coefficient (Wildman–Crippen LogP) is 5.71. The van der Waals surface area contributed by atoms with Crippen molar-refractivity contribution in [3.63, 3.8) is 0 Å². The molecule has 164 valence electrons. The number of ether oxygens (including phenoxy) is 1. The molecule has 0 bridgehead atoms. The summed E-state index contributed by atoms with van der Waals surface area (Å²) in [7, 11) is 0.100. The van der Waals surface area contributed by atoms with E-state index in [-0.39, 0.29) is 0 Å². The molecule has 2 N–H and O–H groups in total. The Bertz CT molecular complexity index is 1080. The fraction of sp³-hybridized carbons (Fsp3) is 0.391. The summed E-state index contributed by atoms with van der Waals surface area (Å²) < 4.78 is 21.7. The van der Waals surface area contributed by atoms with Gasteiger partial charge in [-0.15, -0.1) is 0 Å². The van der Waals surface area contributed by atoms with Crippen LogP contribution in [0.15, 0.2) is 41.4 Å². The van der Waals surface area contributed by atoms with Gasteiger partial charge in [0.05, 0.1) is 29.1 Å². The van der Waals surface area contributed by atoms with Gasteiger partial charge in [0, 0.05) is 12.2 Å². The molecule has 0 aliphatic heterocycles. The van der Waals surface area contributed by atoms with Crippen LogP contribution in [0.3, 0.4) is 0 Å². The van der Waals surface area contributed by atoms with Crippen molar-refractivity contribution in [3.8, 4) is 16.2 Å². The van der Waals surface area contributed by atoms with Crippen LogP contribution in [0, 0.1) is 13.8 Å². The standard InChI is InChI=1S/C23H28N4O2S2/c1-15-19(10-7-13-24-15)27-31(28)21-14-17(11-12-20(21)29-3)22-16(2)25-23(30-22)26-18-8-5-4-6-9-18/h7,10-14,18,27H,4-6,8-9H2,1-3H3,(H,25,26). The lowest BCUT2D eigenvalue weighted by atomic mass is 9.96. The molecule has 2 heterocycles. The molecule has 0 radical (unpaired) electrons. The Morgan fingerprint density at radius 2 is 1.94 bits per heavy atom. The van der Waals surface area contributed by atoms with Crippen LogP contribution in [0.1, 0.15) is 43.5 Å². The van der Waals surface area contributed by atoms with Crippen LogP contribution in [0.4, 0.5) is 10.8 Å². The van der Waals surface area contributed by atoms with E-state index < -0.39 is 11.0 Å². The summed E-state index contributed by atoms with van der Waals surface area (Å²) in [4.78, 5) is 10.7. The minimum Gasteiger partial charge on any atom is -0.495 e. The quantitative estimate of drug-likeness (QED) is 0.476. The van der Waals surface area contributed by atoms with E-state index in [1.807, 2.05) is 44.2 Å². The van der Waals surface area contributed by atoms with Gasteiger partial charge in [-0.3, -0.25) is 9.71 Å². The molecule has 1 fully saturated rings. The van der Waals surface area contributed by atoms with E-state index in [1.165, 1.54) is 32.1 Å². The largest absolute Gasteiger partial charge is 0.495 e. The first-order valence-corrected chi connectivity index (χ1v) is 12.5. The molecule has 1 aliphatic rings. The van der Waals surface area contributed by atoms with Crippen LogP contribution < -0.4 is 14.8 Å². The summed E-state index contributed by atoms with van der Waals surface area (Å²) in [5.74, 6) is 0.582. The molecular formula is C23H28N4O2S2. The van der Waals surface area contributed by atoms with E-state index in [1.54, 1.807) is 24.6 Å². The number of anilines is 2. The van der Waals surface area contributed by atoms with Gasteiger partial charge < -0.3 is 10.1 Å². The minimum absolute atomic E-state index is 0.512. The third-order valence-corrected chi connectivity index (χ3v) is 7.83. The molecule has 31 heavy (non-hydrogen) atoms. The van der Waals surface area contributed by atoms with Gasteiger partial charge in [-0.2, -0.15) is 0 Å². The molecule has 0 spiro atoms. The zero-order chi connectivity index (χ0) is 21.8. The zero-order valence-electron chi connectivity index (χ0n) is 18.1. The molecule has 1 aliphatic carbocycles. The summed E-state index contributed by atoms with van der Waals surface area (Å²) in [6.07, 6.45) is 8.03. The highest BCUT2D eigenvalue weighted by Gasteiger charge is 2.19. The number of nitrogens with zero attached hydrogens (tertiary/aromatic N) is 2. The lowest BCUT2D eigenvalue weighted by Crippen LogP contribution is -2.21. The highest BCUT2D eigenvalue weighted by molar-refractivity contribution is 7.86. The second-order valence-corrected chi connectivity index (χ2v) is 9.97. The van der Waals surface area contributed by atoms with E-state index in [4.69, 9.17) is 9.72 Å². The van der Waals surface area contributed by atoms with Crippen molar-refractivity contribution in [2.75, 3.05) is 17.1 Å². The number of benzene rings is 1. The summed E-state index contributed by atoms with van der Waals surface area (Å²) >= 11 is 1.65. The monoisotopic (exact) mass is 456 g/mol. The third-order valence-electron chi connectivity index (χ3n) is 5.56. The van der Waals surface area contributed by atoms with Gasteiger partial charge in [0.2, 0.25) is 0 Å². The summed E-state index contributed by atoms with van der Waals surface area (Å²) in [5, 5.41) is 4.57. The summed E-state index contributed by atoms with van der Waals surface area (Å²) in [6, 6.07) is 10.00. The number of methoxy groups -OCH3 is 1. The van der Waals surface area contributed by atoms with Crippen LogP contribution in [0.2, 0.25) is 0 Å². The Hall–Kier alpha value is -2.45. The molecule has 3 aromatic rings. The number of hydrogen-bond donors (Lipinski definition) is 2. The third kappa shape index (κ3) is 5.07. The summed E-state index contributed by atoms with van der Waals surface area (Å²) in [6.45, 7) is 3.91. The number of hydrogen-bond acceptors (Lipinski definition) is 6. The highest BCUT2D eigenvalue weighted by Crippen LogP contribution is 2.37. The Morgan fingerprint density at radius 3 is 2.68 bits per heavy atom. The van der Waals surface area contributed by atoms with Crippen molar-refractivity contribution in [2.24, 2.45) is 0 Å². The van der Waals surface area contributed by atoms with E-state index in [0.29, 0.717) is 16.7 Å². The van der Waals surface area contributed by atoms with Crippen molar-refractivity contribution in [2.45, 2.75) is 56.9 Å². The van der Waals surface area contributed by atoms with Gasteiger partial charge in [0.15, 0.2) is 16.1 Å². The highest BCUT2D eigenvalue weighted by atomic mass is 32.2.